The summed E-state index contributed by atoms with van der Waals surface area (Å²) in [5.74, 6) is 0.203. The van der Waals surface area contributed by atoms with Crippen LogP contribution in [-0.4, -0.2) is 17.9 Å². The number of nitrogens with one attached hydrogen (secondary N) is 2. The van der Waals surface area contributed by atoms with Crippen LogP contribution in [0.5, 0.6) is 5.75 Å². The molecule has 5 nitrogen and oxygen atoms in total. The molecule has 0 aliphatic carbocycles. The predicted molar refractivity (Wildman–Crippen MR) is 126 cm³/mol. The number of amides is 2. The van der Waals surface area contributed by atoms with Gasteiger partial charge in [-0.3, -0.25) is 9.59 Å². The minimum Gasteiger partial charge on any atom is -0.480 e. The van der Waals surface area contributed by atoms with Crippen LogP contribution in [-0.2, 0) is 11.3 Å². The molecule has 160 valence electrons. The first-order valence-electron chi connectivity index (χ1n) is 10.00. The van der Waals surface area contributed by atoms with Crippen LogP contribution in [0, 0.1) is 13.8 Å². The molecule has 0 spiro atoms. The van der Waals surface area contributed by atoms with E-state index < -0.39 is 6.10 Å². The SMILES string of the molecule is Cc1cc(Br)cc(C)c1OC(C)C(=O)Nc1cccc(C(=O)NCc2ccccc2)c1. The van der Waals surface area contributed by atoms with Gasteiger partial charge in [0.1, 0.15) is 5.75 Å². The van der Waals surface area contributed by atoms with Crippen LogP contribution < -0.4 is 15.4 Å². The molecule has 0 saturated heterocycles. The van der Waals surface area contributed by atoms with E-state index in [2.05, 4.69) is 26.6 Å². The van der Waals surface area contributed by atoms with E-state index in [9.17, 15) is 9.59 Å². The van der Waals surface area contributed by atoms with E-state index in [0.717, 1.165) is 21.2 Å². The maximum Gasteiger partial charge on any atom is 0.265 e. The van der Waals surface area contributed by atoms with Gasteiger partial charge in [0.05, 0.1) is 0 Å². The molecule has 0 aliphatic rings. The van der Waals surface area contributed by atoms with Gasteiger partial charge < -0.3 is 15.4 Å². The molecule has 1 unspecified atom stereocenters. The van der Waals surface area contributed by atoms with Crippen LogP contribution in [0.25, 0.3) is 0 Å². The van der Waals surface area contributed by atoms with Crippen LogP contribution in [0.1, 0.15) is 34.0 Å². The van der Waals surface area contributed by atoms with E-state index in [0.29, 0.717) is 23.5 Å². The van der Waals surface area contributed by atoms with Crippen LogP contribution >= 0.6 is 15.9 Å². The number of halogens is 1. The topological polar surface area (TPSA) is 67.4 Å². The lowest BCUT2D eigenvalue weighted by Crippen LogP contribution is -2.30. The van der Waals surface area contributed by atoms with E-state index in [1.165, 1.54) is 0 Å². The van der Waals surface area contributed by atoms with Crippen molar-refractivity contribution in [3.63, 3.8) is 0 Å². The Kier molecular flexibility index (Phi) is 7.47. The molecule has 0 aromatic heterocycles. The summed E-state index contributed by atoms with van der Waals surface area (Å²) in [5.41, 5.74) is 3.93. The molecule has 0 heterocycles. The van der Waals surface area contributed by atoms with Crippen molar-refractivity contribution in [3.8, 4) is 5.75 Å². The highest BCUT2D eigenvalue weighted by Gasteiger charge is 2.18. The van der Waals surface area contributed by atoms with Crippen molar-refractivity contribution in [1.82, 2.24) is 5.32 Å². The fraction of sp³-hybridized carbons (Fsp3) is 0.200. The lowest BCUT2D eigenvalue weighted by molar-refractivity contribution is -0.122. The summed E-state index contributed by atoms with van der Waals surface area (Å²) >= 11 is 3.46. The van der Waals surface area contributed by atoms with Crippen molar-refractivity contribution in [2.75, 3.05) is 5.32 Å². The van der Waals surface area contributed by atoms with Crippen molar-refractivity contribution < 1.29 is 14.3 Å². The molecule has 2 amide bonds. The van der Waals surface area contributed by atoms with Crippen molar-refractivity contribution in [3.05, 3.63) is 93.5 Å². The number of hydrogen-bond donors (Lipinski definition) is 2. The number of aryl methyl sites for hydroxylation is 2. The molecule has 0 saturated carbocycles. The molecule has 3 rings (SSSR count). The van der Waals surface area contributed by atoms with Crippen molar-refractivity contribution in [1.29, 1.82) is 0 Å². The average Bonchev–Trinajstić information content (AvgIpc) is 2.75. The predicted octanol–water partition coefficient (Wildman–Crippen LogP) is 5.40. The third-order valence-corrected chi connectivity index (χ3v) is 5.23. The summed E-state index contributed by atoms with van der Waals surface area (Å²) in [7, 11) is 0. The zero-order chi connectivity index (χ0) is 22.4. The summed E-state index contributed by atoms with van der Waals surface area (Å²) in [5, 5.41) is 5.72. The lowest BCUT2D eigenvalue weighted by Gasteiger charge is -2.18. The van der Waals surface area contributed by atoms with Crippen molar-refractivity contribution >= 4 is 33.4 Å². The van der Waals surface area contributed by atoms with Crippen LogP contribution in [0.4, 0.5) is 5.69 Å². The summed E-state index contributed by atoms with van der Waals surface area (Å²) < 4.78 is 6.88. The molecule has 3 aromatic carbocycles. The van der Waals surface area contributed by atoms with E-state index >= 15 is 0 Å². The Morgan fingerprint density at radius 2 is 1.65 bits per heavy atom. The molecule has 0 aliphatic heterocycles. The fourth-order valence-corrected chi connectivity index (χ4v) is 3.86. The minimum atomic E-state index is -0.700. The Morgan fingerprint density at radius 1 is 0.968 bits per heavy atom. The molecule has 2 N–H and O–H groups in total. The van der Waals surface area contributed by atoms with Gasteiger partial charge in [-0.1, -0.05) is 52.3 Å². The number of carbonyl (C=O) groups is 2. The highest BCUT2D eigenvalue weighted by atomic mass is 79.9. The van der Waals surface area contributed by atoms with E-state index in [1.807, 2.05) is 56.3 Å². The second-order valence-corrected chi connectivity index (χ2v) is 8.28. The van der Waals surface area contributed by atoms with E-state index in [-0.39, 0.29) is 11.8 Å². The van der Waals surface area contributed by atoms with E-state index in [1.54, 1.807) is 31.2 Å². The first-order valence-corrected chi connectivity index (χ1v) is 10.8. The Morgan fingerprint density at radius 3 is 2.32 bits per heavy atom. The number of hydrogen-bond acceptors (Lipinski definition) is 3. The molecule has 0 bridgehead atoms. The first kappa shape index (κ1) is 22.6. The Bertz CT molecular complexity index is 1060. The summed E-state index contributed by atoms with van der Waals surface area (Å²) in [6.07, 6.45) is -0.700. The zero-order valence-electron chi connectivity index (χ0n) is 17.7. The number of rotatable bonds is 7. The molecule has 0 fully saturated rings. The number of anilines is 1. The highest BCUT2D eigenvalue weighted by molar-refractivity contribution is 9.10. The van der Waals surface area contributed by atoms with Gasteiger partial charge in [-0.05, 0) is 67.8 Å². The molecule has 6 heteroatoms. The smallest absolute Gasteiger partial charge is 0.265 e. The van der Waals surface area contributed by atoms with Gasteiger partial charge in [0.15, 0.2) is 6.10 Å². The van der Waals surface area contributed by atoms with Crippen LogP contribution in [0.2, 0.25) is 0 Å². The standard InChI is InChI=1S/C25H25BrN2O3/c1-16-12-21(26)13-17(2)23(16)31-18(3)24(29)28-22-11-7-10-20(14-22)25(30)27-15-19-8-5-4-6-9-19/h4-14,18H,15H2,1-3H3,(H,27,30)(H,28,29). The van der Waals surface area contributed by atoms with Gasteiger partial charge in [-0.25, -0.2) is 0 Å². The maximum atomic E-state index is 12.7. The summed E-state index contributed by atoms with van der Waals surface area (Å²) in [6, 6.07) is 20.4. The zero-order valence-corrected chi connectivity index (χ0v) is 19.3. The van der Waals surface area contributed by atoms with Gasteiger partial charge in [0.2, 0.25) is 0 Å². The fourth-order valence-electron chi connectivity index (χ4n) is 3.18. The molecular formula is C25H25BrN2O3. The van der Waals surface area contributed by atoms with Gasteiger partial charge in [0, 0.05) is 22.3 Å². The number of carbonyl (C=O) groups excluding carboxylic acids is 2. The van der Waals surface area contributed by atoms with Crippen molar-refractivity contribution in [2.45, 2.75) is 33.4 Å². The summed E-state index contributed by atoms with van der Waals surface area (Å²) in [6.45, 7) is 6.02. The molecule has 0 radical (unpaired) electrons. The minimum absolute atomic E-state index is 0.203. The highest BCUT2D eigenvalue weighted by Crippen LogP contribution is 2.28. The molecular weight excluding hydrogens is 456 g/mol. The maximum absolute atomic E-state index is 12.7. The molecule has 1 atom stereocenters. The monoisotopic (exact) mass is 480 g/mol. The molecule has 31 heavy (non-hydrogen) atoms. The lowest BCUT2D eigenvalue weighted by atomic mass is 10.1. The van der Waals surface area contributed by atoms with Crippen molar-refractivity contribution in [2.24, 2.45) is 0 Å². The number of ether oxygens (including phenoxy) is 1. The number of benzene rings is 3. The quantitative estimate of drug-likeness (QED) is 0.475. The average molecular weight is 481 g/mol. The third kappa shape index (κ3) is 6.18. The largest absolute Gasteiger partial charge is 0.480 e. The Labute approximate surface area is 191 Å². The van der Waals surface area contributed by atoms with Gasteiger partial charge >= 0.3 is 0 Å². The van der Waals surface area contributed by atoms with Crippen LogP contribution in [0.3, 0.4) is 0 Å². The van der Waals surface area contributed by atoms with Gasteiger partial charge in [-0.15, -0.1) is 0 Å². The second-order valence-electron chi connectivity index (χ2n) is 7.37. The second kappa shape index (κ2) is 10.3. The Balaban J connectivity index is 1.62. The Hall–Kier alpha value is -3.12. The van der Waals surface area contributed by atoms with Crippen LogP contribution in [0.15, 0.2) is 71.2 Å². The summed E-state index contributed by atoms with van der Waals surface area (Å²) in [4.78, 5) is 25.1. The third-order valence-electron chi connectivity index (χ3n) is 4.78. The van der Waals surface area contributed by atoms with Gasteiger partial charge in [-0.2, -0.15) is 0 Å². The molecule has 3 aromatic rings. The first-order chi connectivity index (χ1) is 14.8. The normalized spacial score (nSPS) is 11.5. The van der Waals surface area contributed by atoms with E-state index in [4.69, 9.17) is 4.74 Å². The van der Waals surface area contributed by atoms with Gasteiger partial charge in [0.25, 0.3) is 11.8 Å².